The maximum absolute atomic E-state index is 13.3. The second kappa shape index (κ2) is 10.5. The largest absolute Gasteiger partial charge is 0.490 e. The Balaban J connectivity index is 1.55. The highest BCUT2D eigenvalue weighted by molar-refractivity contribution is 5.97. The number of carbonyl (C=O) groups is 1. The molecule has 1 fully saturated rings. The fourth-order valence-corrected chi connectivity index (χ4v) is 4.43. The van der Waals surface area contributed by atoms with Gasteiger partial charge in [-0.15, -0.1) is 0 Å². The van der Waals surface area contributed by atoms with E-state index in [-0.39, 0.29) is 18.1 Å². The molecule has 0 aliphatic carbocycles. The van der Waals surface area contributed by atoms with Gasteiger partial charge in [-0.3, -0.25) is 9.48 Å². The first-order valence-corrected chi connectivity index (χ1v) is 12.4. The van der Waals surface area contributed by atoms with Crippen molar-refractivity contribution in [3.63, 3.8) is 0 Å². The molecule has 1 aliphatic heterocycles. The first-order valence-electron chi connectivity index (χ1n) is 12.4. The third-order valence-electron chi connectivity index (χ3n) is 6.56. The van der Waals surface area contributed by atoms with Crippen LogP contribution in [0, 0.1) is 6.92 Å². The Hall–Kier alpha value is -3.32. The number of rotatable bonds is 7. The first kappa shape index (κ1) is 24.8. The molecule has 1 atom stereocenters. The van der Waals surface area contributed by atoms with Crippen LogP contribution in [0.2, 0.25) is 0 Å². The molecule has 1 saturated heterocycles. The fraction of sp³-hybridized carbons (Fsp3) is 0.429. The van der Waals surface area contributed by atoms with Gasteiger partial charge in [-0.05, 0) is 70.1 Å². The number of aryl methyl sites for hydroxylation is 2. The summed E-state index contributed by atoms with van der Waals surface area (Å²) in [4.78, 5) is 18.0. The van der Waals surface area contributed by atoms with E-state index in [1.165, 1.54) is 0 Å². The Morgan fingerprint density at radius 2 is 1.77 bits per heavy atom. The maximum Gasteiger partial charge on any atom is 0.252 e. The van der Waals surface area contributed by atoms with Crippen LogP contribution in [0.15, 0.2) is 48.8 Å². The molecule has 2 heterocycles. The van der Waals surface area contributed by atoms with E-state index in [9.17, 15) is 4.79 Å². The van der Waals surface area contributed by atoms with Crippen molar-refractivity contribution in [1.29, 1.82) is 0 Å². The van der Waals surface area contributed by atoms with Gasteiger partial charge in [0.25, 0.3) is 5.91 Å². The van der Waals surface area contributed by atoms with Crippen molar-refractivity contribution in [3.8, 4) is 16.9 Å². The van der Waals surface area contributed by atoms with Crippen molar-refractivity contribution >= 4 is 11.6 Å². The van der Waals surface area contributed by atoms with Gasteiger partial charge in [-0.1, -0.05) is 12.1 Å². The number of aromatic nitrogens is 2. The minimum Gasteiger partial charge on any atom is -0.490 e. The van der Waals surface area contributed by atoms with Gasteiger partial charge in [-0.25, -0.2) is 0 Å². The Morgan fingerprint density at radius 1 is 1.03 bits per heavy atom. The molecular formula is C28H37N5O2. The minimum absolute atomic E-state index is 0.0589. The molecule has 3 aromatic rings. The van der Waals surface area contributed by atoms with E-state index in [1.54, 1.807) is 4.68 Å². The molecule has 35 heavy (non-hydrogen) atoms. The molecule has 0 radical (unpaired) electrons. The summed E-state index contributed by atoms with van der Waals surface area (Å²) in [5.74, 6) is 0.752. The zero-order valence-electron chi connectivity index (χ0n) is 21.7. The lowest BCUT2D eigenvalue weighted by Gasteiger charge is -2.34. The number of benzene rings is 2. The average Bonchev–Trinajstić information content (AvgIpc) is 3.25. The van der Waals surface area contributed by atoms with Crippen LogP contribution < -0.4 is 15.0 Å². The van der Waals surface area contributed by atoms with Crippen molar-refractivity contribution < 1.29 is 9.53 Å². The van der Waals surface area contributed by atoms with Gasteiger partial charge in [-0.2, -0.15) is 5.10 Å². The van der Waals surface area contributed by atoms with Crippen molar-refractivity contribution in [2.45, 2.75) is 39.8 Å². The fourth-order valence-electron chi connectivity index (χ4n) is 4.43. The van der Waals surface area contributed by atoms with Crippen LogP contribution in [0.25, 0.3) is 11.1 Å². The summed E-state index contributed by atoms with van der Waals surface area (Å²) in [6.07, 6.45) is 3.87. The molecular weight excluding hydrogens is 438 g/mol. The van der Waals surface area contributed by atoms with Gasteiger partial charge in [0.1, 0.15) is 5.75 Å². The average molecular weight is 476 g/mol. The topological polar surface area (TPSA) is 62.6 Å². The Kier molecular flexibility index (Phi) is 7.45. The molecule has 0 bridgehead atoms. The molecule has 0 saturated carbocycles. The van der Waals surface area contributed by atoms with Crippen LogP contribution in [0.3, 0.4) is 0 Å². The molecule has 7 nitrogen and oxygen atoms in total. The summed E-state index contributed by atoms with van der Waals surface area (Å²) in [7, 11) is 4.05. The summed E-state index contributed by atoms with van der Waals surface area (Å²) in [5, 5.41) is 7.53. The van der Waals surface area contributed by atoms with Crippen LogP contribution in [0.5, 0.6) is 5.75 Å². The minimum atomic E-state index is -0.169. The van der Waals surface area contributed by atoms with Gasteiger partial charge in [0.15, 0.2) is 0 Å². The number of ether oxygens (including phenoxy) is 1. The molecule has 186 valence electrons. The molecule has 1 N–H and O–H groups in total. The van der Waals surface area contributed by atoms with E-state index in [4.69, 9.17) is 4.74 Å². The zero-order chi connectivity index (χ0) is 25.1. The molecule has 0 unspecified atom stereocenters. The number of likely N-dealkylation sites (N-methyl/N-ethyl adjacent to an activating group) is 1. The number of hydrogen-bond donors (Lipinski definition) is 1. The standard InChI is InChI=1S/C28H37N5O2/c1-19(2)35-27-10-8-22(15-26(27)23-17-29-32(6)18-23)21(4)30-28(34)25-16-24(9-7-20(25)3)33-13-11-31(5)12-14-33/h7-10,15-19,21H,11-14H2,1-6H3,(H,30,34)/t21-/m1/s1. The van der Waals surface area contributed by atoms with E-state index in [0.717, 1.165) is 65.4 Å². The van der Waals surface area contributed by atoms with Crippen LogP contribution in [0.1, 0.15) is 48.3 Å². The number of nitrogens with zero attached hydrogens (tertiary/aromatic N) is 4. The summed E-state index contributed by atoms with van der Waals surface area (Å²) < 4.78 is 7.84. The highest BCUT2D eigenvalue weighted by atomic mass is 16.5. The summed E-state index contributed by atoms with van der Waals surface area (Å²) >= 11 is 0. The smallest absolute Gasteiger partial charge is 0.252 e. The van der Waals surface area contributed by atoms with Crippen LogP contribution in [-0.2, 0) is 7.05 Å². The number of amides is 1. The summed E-state index contributed by atoms with van der Waals surface area (Å²) in [5.41, 5.74) is 5.78. The third-order valence-corrected chi connectivity index (χ3v) is 6.56. The quantitative estimate of drug-likeness (QED) is 0.548. The highest BCUT2D eigenvalue weighted by Crippen LogP contribution is 2.33. The van der Waals surface area contributed by atoms with E-state index >= 15 is 0 Å². The summed E-state index contributed by atoms with van der Waals surface area (Å²) in [6, 6.07) is 12.1. The highest BCUT2D eigenvalue weighted by Gasteiger charge is 2.20. The van der Waals surface area contributed by atoms with E-state index in [0.29, 0.717) is 0 Å². The third kappa shape index (κ3) is 5.85. The zero-order valence-corrected chi connectivity index (χ0v) is 21.7. The lowest BCUT2D eigenvalue weighted by molar-refractivity contribution is 0.0939. The number of hydrogen-bond acceptors (Lipinski definition) is 5. The lowest BCUT2D eigenvalue weighted by atomic mass is 10.00. The molecule has 7 heteroatoms. The number of carbonyl (C=O) groups excluding carboxylic acids is 1. The van der Waals surface area contributed by atoms with Crippen molar-refractivity contribution in [2.24, 2.45) is 7.05 Å². The van der Waals surface area contributed by atoms with Crippen molar-refractivity contribution in [2.75, 3.05) is 38.1 Å². The molecule has 1 aromatic heterocycles. The lowest BCUT2D eigenvalue weighted by Crippen LogP contribution is -2.44. The van der Waals surface area contributed by atoms with E-state index in [1.807, 2.05) is 71.4 Å². The SMILES string of the molecule is Cc1ccc(N2CCN(C)CC2)cc1C(=O)N[C@H](C)c1ccc(OC(C)C)c(-c2cnn(C)c2)c1. The van der Waals surface area contributed by atoms with E-state index in [2.05, 4.69) is 39.4 Å². The van der Waals surface area contributed by atoms with Crippen LogP contribution in [-0.4, -0.2) is 59.9 Å². The van der Waals surface area contributed by atoms with Crippen molar-refractivity contribution in [3.05, 3.63) is 65.5 Å². The predicted octanol–water partition coefficient (Wildman–Crippen LogP) is 4.43. The Morgan fingerprint density at radius 3 is 2.43 bits per heavy atom. The second-order valence-electron chi connectivity index (χ2n) is 9.81. The molecule has 4 rings (SSSR count). The first-order chi connectivity index (χ1) is 16.7. The molecule has 2 aromatic carbocycles. The van der Waals surface area contributed by atoms with Gasteiger partial charge in [0.05, 0.1) is 18.3 Å². The predicted molar refractivity (Wildman–Crippen MR) is 141 cm³/mol. The summed E-state index contributed by atoms with van der Waals surface area (Å²) in [6.45, 7) is 12.0. The van der Waals surface area contributed by atoms with Gasteiger partial charge in [0.2, 0.25) is 0 Å². The molecule has 0 spiro atoms. The normalized spacial score (nSPS) is 15.3. The number of piperazine rings is 1. The van der Waals surface area contributed by atoms with Crippen LogP contribution in [0.4, 0.5) is 5.69 Å². The number of nitrogens with one attached hydrogen (secondary N) is 1. The molecule has 1 amide bonds. The monoisotopic (exact) mass is 475 g/mol. The van der Waals surface area contributed by atoms with Gasteiger partial charge < -0.3 is 19.9 Å². The van der Waals surface area contributed by atoms with Crippen LogP contribution >= 0.6 is 0 Å². The molecule has 1 aliphatic rings. The Bertz CT molecular complexity index is 1180. The van der Waals surface area contributed by atoms with Gasteiger partial charge >= 0.3 is 0 Å². The number of anilines is 1. The maximum atomic E-state index is 13.3. The van der Waals surface area contributed by atoms with Gasteiger partial charge in [0, 0.05) is 61.8 Å². The Labute approximate surface area is 208 Å². The second-order valence-corrected chi connectivity index (χ2v) is 9.81. The van der Waals surface area contributed by atoms with Crippen molar-refractivity contribution in [1.82, 2.24) is 20.0 Å². The van der Waals surface area contributed by atoms with E-state index < -0.39 is 0 Å².